The zero-order valence-electron chi connectivity index (χ0n) is 9.97. The van der Waals surface area contributed by atoms with E-state index < -0.39 is 0 Å². The van der Waals surface area contributed by atoms with Crippen LogP contribution in [-0.4, -0.2) is 5.11 Å². The van der Waals surface area contributed by atoms with Crippen LogP contribution in [0.25, 0.3) is 10.1 Å². The molecule has 3 rings (SSSR count). The standard InChI is InChI=1S/C16H14OS/c17-11-13-7-5-12(6-8-13)9-15-10-14-3-1-2-4-16(14)18-15/h1-8,10,17H,9,11H2. The molecule has 0 aliphatic heterocycles. The Labute approximate surface area is 110 Å². The molecule has 0 atom stereocenters. The first kappa shape index (κ1) is 11.5. The van der Waals surface area contributed by atoms with Crippen molar-refractivity contribution in [2.24, 2.45) is 0 Å². The number of fused-ring (bicyclic) bond motifs is 1. The van der Waals surface area contributed by atoms with Gasteiger partial charge >= 0.3 is 0 Å². The maximum atomic E-state index is 9.02. The minimum atomic E-state index is 0.114. The highest BCUT2D eigenvalue weighted by molar-refractivity contribution is 7.19. The van der Waals surface area contributed by atoms with E-state index in [0.717, 1.165) is 12.0 Å². The van der Waals surface area contributed by atoms with Crippen LogP contribution in [0.3, 0.4) is 0 Å². The van der Waals surface area contributed by atoms with Gasteiger partial charge in [-0.15, -0.1) is 11.3 Å². The molecule has 0 amide bonds. The lowest BCUT2D eigenvalue weighted by Gasteiger charge is -2.00. The molecular formula is C16H14OS. The monoisotopic (exact) mass is 254 g/mol. The molecule has 0 saturated heterocycles. The fourth-order valence-electron chi connectivity index (χ4n) is 2.09. The first-order chi connectivity index (χ1) is 8.85. The number of hydrogen-bond donors (Lipinski definition) is 1. The van der Waals surface area contributed by atoms with Gasteiger partial charge in [0.2, 0.25) is 0 Å². The number of thiophene rings is 1. The summed E-state index contributed by atoms with van der Waals surface area (Å²) in [6.45, 7) is 0.114. The van der Waals surface area contributed by atoms with Crippen molar-refractivity contribution in [3.8, 4) is 0 Å². The third kappa shape index (κ3) is 2.30. The van der Waals surface area contributed by atoms with E-state index in [9.17, 15) is 0 Å². The van der Waals surface area contributed by atoms with Gasteiger partial charge in [-0.2, -0.15) is 0 Å². The molecule has 0 unspecified atom stereocenters. The Kier molecular flexibility index (Phi) is 3.13. The smallest absolute Gasteiger partial charge is 0.0681 e. The second kappa shape index (κ2) is 4.92. The quantitative estimate of drug-likeness (QED) is 0.749. The second-order valence-corrected chi connectivity index (χ2v) is 5.57. The lowest BCUT2D eigenvalue weighted by Crippen LogP contribution is -1.87. The Morgan fingerprint density at radius 1 is 0.889 bits per heavy atom. The molecule has 1 heterocycles. The van der Waals surface area contributed by atoms with Gasteiger partial charge in [-0.05, 0) is 28.6 Å². The summed E-state index contributed by atoms with van der Waals surface area (Å²) in [5, 5.41) is 10.3. The van der Waals surface area contributed by atoms with E-state index in [1.165, 1.54) is 20.5 Å². The molecule has 1 aromatic heterocycles. The minimum Gasteiger partial charge on any atom is -0.392 e. The Hall–Kier alpha value is -1.64. The number of benzene rings is 2. The van der Waals surface area contributed by atoms with Crippen molar-refractivity contribution in [2.75, 3.05) is 0 Å². The van der Waals surface area contributed by atoms with Gasteiger partial charge in [-0.1, -0.05) is 42.5 Å². The number of aliphatic hydroxyl groups is 1. The lowest BCUT2D eigenvalue weighted by molar-refractivity contribution is 0.282. The molecule has 0 bridgehead atoms. The predicted molar refractivity (Wildman–Crippen MR) is 77.0 cm³/mol. The third-order valence-electron chi connectivity index (χ3n) is 3.06. The summed E-state index contributed by atoms with van der Waals surface area (Å²) in [4.78, 5) is 1.38. The highest BCUT2D eigenvalue weighted by atomic mass is 32.1. The molecule has 0 aliphatic carbocycles. The van der Waals surface area contributed by atoms with Gasteiger partial charge < -0.3 is 5.11 Å². The van der Waals surface area contributed by atoms with Crippen molar-refractivity contribution in [1.82, 2.24) is 0 Å². The second-order valence-electron chi connectivity index (χ2n) is 4.40. The SMILES string of the molecule is OCc1ccc(Cc2cc3ccccc3s2)cc1. The number of rotatable bonds is 3. The van der Waals surface area contributed by atoms with Gasteiger partial charge in [0.25, 0.3) is 0 Å². The normalized spacial score (nSPS) is 10.9. The molecule has 1 N–H and O–H groups in total. The van der Waals surface area contributed by atoms with Gasteiger partial charge in [0.15, 0.2) is 0 Å². The van der Waals surface area contributed by atoms with Crippen LogP contribution in [0.4, 0.5) is 0 Å². The van der Waals surface area contributed by atoms with Crippen molar-refractivity contribution < 1.29 is 5.11 Å². The molecule has 1 nitrogen and oxygen atoms in total. The zero-order valence-corrected chi connectivity index (χ0v) is 10.8. The molecule has 90 valence electrons. The van der Waals surface area contributed by atoms with Crippen LogP contribution >= 0.6 is 11.3 Å². The molecule has 2 aromatic carbocycles. The lowest BCUT2D eigenvalue weighted by atomic mass is 10.1. The minimum absolute atomic E-state index is 0.114. The first-order valence-electron chi connectivity index (χ1n) is 6.01. The molecule has 3 aromatic rings. The highest BCUT2D eigenvalue weighted by Crippen LogP contribution is 2.27. The molecule has 18 heavy (non-hydrogen) atoms. The van der Waals surface area contributed by atoms with E-state index in [4.69, 9.17) is 5.11 Å². The average Bonchev–Trinajstić information content (AvgIpc) is 2.82. The van der Waals surface area contributed by atoms with E-state index >= 15 is 0 Å². The van der Waals surface area contributed by atoms with Gasteiger partial charge in [0.1, 0.15) is 0 Å². The van der Waals surface area contributed by atoms with Gasteiger partial charge in [-0.25, -0.2) is 0 Å². The summed E-state index contributed by atoms with van der Waals surface area (Å²) in [7, 11) is 0. The van der Waals surface area contributed by atoms with Gasteiger partial charge in [-0.3, -0.25) is 0 Å². The van der Waals surface area contributed by atoms with Crippen LogP contribution in [0.15, 0.2) is 54.6 Å². The van der Waals surface area contributed by atoms with E-state index in [2.05, 4.69) is 42.5 Å². The predicted octanol–water partition coefficient (Wildman–Crippen LogP) is 3.98. The molecule has 0 radical (unpaired) electrons. The van der Waals surface area contributed by atoms with Crippen LogP contribution in [0.2, 0.25) is 0 Å². The Bertz CT molecular complexity index is 619. The summed E-state index contributed by atoms with van der Waals surface area (Å²) in [6.07, 6.45) is 0.963. The van der Waals surface area contributed by atoms with Crippen molar-refractivity contribution in [2.45, 2.75) is 13.0 Å². The van der Waals surface area contributed by atoms with Crippen molar-refractivity contribution in [3.05, 3.63) is 70.6 Å². The number of aliphatic hydroxyl groups excluding tert-OH is 1. The summed E-state index contributed by atoms with van der Waals surface area (Å²) >= 11 is 1.85. The maximum Gasteiger partial charge on any atom is 0.0681 e. The molecule has 0 spiro atoms. The number of hydrogen-bond acceptors (Lipinski definition) is 2. The van der Waals surface area contributed by atoms with E-state index in [0.29, 0.717) is 0 Å². The van der Waals surface area contributed by atoms with Crippen LogP contribution < -0.4 is 0 Å². The third-order valence-corrected chi connectivity index (χ3v) is 4.18. The summed E-state index contributed by atoms with van der Waals surface area (Å²) in [5.74, 6) is 0. The fourth-order valence-corrected chi connectivity index (χ4v) is 3.19. The van der Waals surface area contributed by atoms with Crippen molar-refractivity contribution in [1.29, 1.82) is 0 Å². The fraction of sp³-hybridized carbons (Fsp3) is 0.125. The van der Waals surface area contributed by atoms with Gasteiger partial charge in [0, 0.05) is 16.0 Å². The Balaban J connectivity index is 1.86. The van der Waals surface area contributed by atoms with Crippen LogP contribution in [0.5, 0.6) is 0 Å². The summed E-state index contributed by atoms with van der Waals surface area (Å²) < 4.78 is 1.35. The molecular weight excluding hydrogens is 240 g/mol. The Morgan fingerprint density at radius 3 is 2.33 bits per heavy atom. The average molecular weight is 254 g/mol. The highest BCUT2D eigenvalue weighted by Gasteiger charge is 2.02. The van der Waals surface area contributed by atoms with Crippen LogP contribution in [0.1, 0.15) is 16.0 Å². The van der Waals surface area contributed by atoms with Crippen molar-refractivity contribution >= 4 is 21.4 Å². The van der Waals surface area contributed by atoms with Crippen LogP contribution in [0, 0.1) is 0 Å². The van der Waals surface area contributed by atoms with E-state index in [1.54, 1.807) is 0 Å². The van der Waals surface area contributed by atoms with E-state index in [-0.39, 0.29) is 6.61 Å². The van der Waals surface area contributed by atoms with Crippen LogP contribution in [-0.2, 0) is 13.0 Å². The summed E-state index contributed by atoms with van der Waals surface area (Å²) in [6, 6.07) is 18.9. The largest absolute Gasteiger partial charge is 0.392 e. The summed E-state index contributed by atoms with van der Waals surface area (Å²) in [5.41, 5.74) is 2.26. The van der Waals surface area contributed by atoms with E-state index in [1.807, 2.05) is 23.5 Å². The molecule has 0 fully saturated rings. The topological polar surface area (TPSA) is 20.2 Å². The molecule has 0 aliphatic rings. The zero-order chi connectivity index (χ0) is 12.4. The molecule has 2 heteroatoms. The maximum absolute atomic E-state index is 9.02. The van der Waals surface area contributed by atoms with Crippen molar-refractivity contribution in [3.63, 3.8) is 0 Å². The molecule has 0 saturated carbocycles. The Morgan fingerprint density at radius 2 is 1.61 bits per heavy atom. The first-order valence-corrected chi connectivity index (χ1v) is 6.83. The van der Waals surface area contributed by atoms with Gasteiger partial charge in [0.05, 0.1) is 6.61 Å².